The Morgan fingerprint density at radius 3 is 2.57 bits per heavy atom. The minimum absolute atomic E-state index is 0.123. The Labute approximate surface area is 126 Å². The van der Waals surface area contributed by atoms with E-state index in [4.69, 9.17) is 20.2 Å². The second-order valence-corrected chi connectivity index (χ2v) is 6.67. The van der Waals surface area contributed by atoms with Crippen molar-refractivity contribution < 1.29 is 27.1 Å². The van der Waals surface area contributed by atoms with Crippen molar-refractivity contribution in [3.8, 4) is 0 Å². The lowest BCUT2D eigenvalue weighted by molar-refractivity contribution is 0.0285. The molecule has 9 heteroatoms. The van der Waals surface area contributed by atoms with Gasteiger partial charge in [0.15, 0.2) is 0 Å². The number of hydrogen-bond donors (Lipinski definition) is 1. The number of amides is 1. The smallest absolute Gasteiger partial charge is 0.261 e. The van der Waals surface area contributed by atoms with Crippen LogP contribution in [0.25, 0.3) is 0 Å². The van der Waals surface area contributed by atoms with Gasteiger partial charge in [-0.15, -0.1) is 0 Å². The third-order valence-electron chi connectivity index (χ3n) is 2.64. The average Bonchev–Trinajstić information content (AvgIpc) is 2.41. The van der Waals surface area contributed by atoms with Crippen molar-refractivity contribution in [2.45, 2.75) is 11.0 Å². The number of rotatable bonds is 7. The molecule has 0 saturated heterocycles. The van der Waals surface area contributed by atoms with Gasteiger partial charge in [-0.05, 0) is 18.2 Å². The largest absolute Gasteiger partial charge is 0.382 e. The number of methoxy groups -OCH3 is 2. The molecule has 21 heavy (non-hydrogen) atoms. The van der Waals surface area contributed by atoms with Crippen molar-refractivity contribution >= 4 is 25.6 Å². The van der Waals surface area contributed by atoms with Gasteiger partial charge in [0.25, 0.3) is 15.0 Å². The van der Waals surface area contributed by atoms with Gasteiger partial charge in [-0.3, -0.25) is 4.79 Å². The molecule has 0 fully saturated rings. The molecule has 118 valence electrons. The van der Waals surface area contributed by atoms with Crippen LogP contribution >= 0.6 is 10.7 Å². The zero-order valence-corrected chi connectivity index (χ0v) is 13.0. The van der Waals surface area contributed by atoms with Crippen LogP contribution in [-0.4, -0.2) is 47.8 Å². The van der Waals surface area contributed by atoms with Crippen molar-refractivity contribution in [2.24, 2.45) is 0 Å². The molecule has 0 aliphatic rings. The Kier molecular flexibility index (Phi) is 6.53. The van der Waals surface area contributed by atoms with E-state index < -0.39 is 25.7 Å². The Morgan fingerprint density at radius 2 is 2.10 bits per heavy atom. The van der Waals surface area contributed by atoms with Gasteiger partial charge in [-0.1, -0.05) is 0 Å². The summed E-state index contributed by atoms with van der Waals surface area (Å²) < 4.78 is 45.8. The molecule has 0 saturated carbocycles. The number of nitrogens with one attached hydrogen (secondary N) is 1. The van der Waals surface area contributed by atoms with Gasteiger partial charge in [-0.2, -0.15) is 0 Å². The van der Waals surface area contributed by atoms with E-state index in [2.05, 4.69) is 5.32 Å². The summed E-state index contributed by atoms with van der Waals surface area (Å²) in [7, 11) is 3.99. The minimum atomic E-state index is -4.04. The van der Waals surface area contributed by atoms with Gasteiger partial charge < -0.3 is 14.8 Å². The summed E-state index contributed by atoms with van der Waals surface area (Å²) in [5.74, 6) is -1.67. The van der Waals surface area contributed by atoms with Crippen LogP contribution in [0.4, 0.5) is 4.39 Å². The van der Waals surface area contributed by atoms with Crippen molar-refractivity contribution in [2.75, 3.05) is 27.4 Å². The van der Waals surface area contributed by atoms with Gasteiger partial charge >= 0.3 is 0 Å². The van der Waals surface area contributed by atoms with Crippen LogP contribution in [0.2, 0.25) is 0 Å². The monoisotopic (exact) mass is 339 g/mol. The van der Waals surface area contributed by atoms with E-state index in [1.54, 1.807) is 0 Å². The predicted molar refractivity (Wildman–Crippen MR) is 74.4 cm³/mol. The maximum absolute atomic E-state index is 13.7. The summed E-state index contributed by atoms with van der Waals surface area (Å²) >= 11 is 0. The SMILES string of the molecule is COCC(CNC(=O)c1ccc(S(=O)(=O)Cl)cc1F)OC. The van der Waals surface area contributed by atoms with E-state index >= 15 is 0 Å². The molecule has 0 radical (unpaired) electrons. The van der Waals surface area contributed by atoms with E-state index in [1.165, 1.54) is 14.2 Å². The maximum Gasteiger partial charge on any atom is 0.261 e. The van der Waals surface area contributed by atoms with E-state index in [1.807, 2.05) is 0 Å². The van der Waals surface area contributed by atoms with Crippen LogP contribution in [0.5, 0.6) is 0 Å². The molecule has 1 aromatic carbocycles. The van der Waals surface area contributed by atoms with E-state index in [9.17, 15) is 17.6 Å². The fourth-order valence-electron chi connectivity index (χ4n) is 1.53. The highest BCUT2D eigenvalue weighted by molar-refractivity contribution is 8.13. The molecule has 0 bridgehead atoms. The molecular formula is C12H15ClFNO5S. The van der Waals surface area contributed by atoms with Crippen molar-refractivity contribution in [3.63, 3.8) is 0 Å². The normalized spacial score (nSPS) is 13.0. The molecule has 0 aliphatic carbocycles. The lowest BCUT2D eigenvalue weighted by Crippen LogP contribution is -2.36. The molecule has 0 aliphatic heterocycles. The molecule has 1 aromatic rings. The van der Waals surface area contributed by atoms with Gasteiger partial charge in [0.2, 0.25) is 0 Å². The summed E-state index contributed by atoms with van der Waals surface area (Å²) in [6.07, 6.45) is -0.371. The van der Waals surface area contributed by atoms with Gasteiger partial charge in [0, 0.05) is 31.4 Å². The van der Waals surface area contributed by atoms with Crippen LogP contribution in [0.3, 0.4) is 0 Å². The van der Waals surface area contributed by atoms with Crippen molar-refractivity contribution in [3.05, 3.63) is 29.6 Å². The fraction of sp³-hybridized carbons (Fsp3) is 0.417. The second kappa shape index (κ2) is 7.69. The molecule has 6 nitrogen and oxygen atoms in total. The van der Waals surface area contributed by atoms with Crippen LogP contribution in [0, 0.1) is 5.82 Å². The summed E-state index contributed by atoms with van der Waals surface area (Å²) in [5.41, 5.74) is -0.286. The first-order chi connectivity index (χ1) is 9.79. The van der Waals surface area contributed by atoms with Crippen LogP contribution in [-0.2, 0) is 18.5 Å². The van der Waals surface area contributed by atoms with E-state index in [-0.39, 0.29) is 24.8 Å². The molecule has 1 rings (SSSR count). The second-order valence-electron chi connectivity index (χ2n) is 4.10. The maximum atomic E-state index is 13.7. The first-order valence-corrected chi connectivity index (χ1v) is 8.14. The fourth-order valence-corrected chi connectivity index (χ4v) is 2.29. The highest BCUT2D eigenvalue weighted by Crippen LogP contribution is 2.18. The lowest BCUT2D eigenvalue weighted by atomic mass is 10.2. The molecule has 1 unspecified atom stereocenters. The first-order valence-electron chi connectivity index (χ1n) is 5.83. The van der Waals surface area contributed by atoms with Crippen LogP contribution < -0.4 is 5.32 Å². The Hall–Kier alpha value is -1.22. The molecule has 0 spiro atoms. The summed E-state index contributed by atoms with van der Waals surface area (Å²) in [4.78, 5) is 11.4. The lowest BCUT2D eigenvalue weighted by Gasteiger charge is -2.15. The van der Waals surface area contributed by atoms with Crippen molar-refractivity contribution in [1.29, 1.82) is 0 Å². The molecule has 1 N–H and O–H groups in total. The molecule has 0 heterocycles. The van der Waals surface area contributed by atoms with E-state index in [0.717, 1.165) is 12.1 Å². The zero-order valence-electron chi connectivity index (χ0n) is 11.4. The van der Waals surface area contributed by atoms with Crippen LogP contribution in [0.1, 0.15) is 10.4 Å². The van der Waals surface area contributed by atoms with Gasteiger partial charge in [-0.25, -0.2) is 12.8 Å². The standard InChI is InChI=1S/C12H15ClFNO5S/c1-19-7-8(20-2)6-15-12(16)10-4-3-9(5-11(10)14)21(13,17)18/h3-5,8H,6-7H2,1-2H3,(H,15,16). The molecule has 1 amide bonds. The number of carbonyl (C=O) groups excluding carboxylic acids is 1. The number of halogens is 2. The minimum Gasteiger partial charge on any atom is -0.382 e. The van der Waals surface area contributed by atoms with Crippen LogP contribution in [0.15, 0.2) is 23.1 Å². The molecular weight excluding hydrogens is 325 g/mol. The predicted octanol–water partition coefficient (Wildman–Crippen LogP) is 1.14. The summed E-state index contributed by atoms with van der Waals surface area (Å²) in [6, 6.07) is 2.81. The number of hydrogen-bond acceptors (Lipinski definition) is 5. The quantitative estimate of drug-likeness (QED) is 0.753. The average molecular weight is 340 g/mol. The Morgan fingerprint density at radius 1 is 1.43 bits per heavy atom. The molecule has 1 atom stereocenters. The highest BCUT2D eigenvalue weighted by atomic mass is 35.7. The van der Waals surface area contributed by atoms with Gasteiger partial charge in [0.05, 0.1) is 23.2 Å². The summed E-state index contributed by atoms with van der Waals surface area (Å²) in [5, 5.41) is 2.47. The highest BCUT2D eigenvalue weighted by Gasteiger charge is 2.18. The third kappa shape index (κ3) is 5.24. The third-order valence-corrected chi connectivity index (χ3v) is 3.99. The van der Waals surface area contributed by atoms with Gasteiger partial charge in [0.1, 0.15) is 5.82 Å². The number of ether oxygens (including phenoxy) is 2. The topological polar surface area (TPSA) is 81.7 Å². The number of benzene rings is 1. The first kappa shape index (κ1) is 17.8. The zero-order chi connectivity index (χ0) is 16.0. The number of carbonyl (C=O) groups is 1. The van der Waals surface area contributed by atoms with E-state index in [0.29, 0.717) is 6.07 Å². The summed E-state index contributed by atoms with van der Waals surface area (Å²) in [6.45, 7) is 0.390. The Balaban J connectivity index is 2.80. The molecule has 0 aromatic heterocycles. The van der Waals surface area contributed by atoms with Crippen molar-refractivity contribution in [1.82, 2.24) is 5.32 Å². The Bertz CT molecular complexity index is 608.